The monoisotopic (exact) mass is 316 g/mol. The molecule has 0 aliphatic heterocycles. The predicted molar refractivity (Wildman–Crippen MR) is 83.5 cm³/mol. The molecule has 20 heavy (non-hydrogen) atoms. The molecule has 6 heteroatoms. The van der Waals surface area contributed by atoms with Crippen LogP contribution >= 0.6 is 11.3 Å². The van der Waals surface area contributed by atoms with Gasteiger partial charge in [-0.2, -0.15) is 0 Å². The van der Waals surface area contributed by atoms with Crippen molar-refractivity contribution in [1.82, 2.24) is 10.0 Å². The Labute approximate surface area is 126 Å². The summed E-state index contributed by atoms with van der Waals surface area (Å²) >= 11 is 1.50. The molecule has 1 aromatic heterocycles. The van der Waals surface area contributed by atoms with Crippen molar-refractivity contribution < 1.29 is 8.42 Å². The van der Waals surface area contributed by atoms with E-state index in [4.69, 9.17) is 0 Å². The van der Waals surface area contributed by atoms with Crippen LogP contribution in [-0.4, -0.2) is 21.5 Å². The highest BCUT2D eigenvalue weighted by Crippen LogP contribution is 2.33. The van der Waals surface area contributed by atoms with Crippen molar-refractivity contribution in [3.05, 3.63) is 16.3 Å². The largest absolute Gasteiger partial charge is 0.312 e. The zero-order valence-electron chi connectivity index (χ0n) is 12.0. The third kappa shape index (κ3) is 5.16. The summed E-state index contributed by atoms with van der Waals surface area (Å²) in [6.45, 7) is 4.37. The van der Waals surface area contributed by atoms with E-state index in [1.165, 1.54) is 24.2 Å². The average Bonchev–Trinajstić information content (AvgIpc) is 3.11. The molecule has 0 unspecified atom stereocenters. The van der Waals surface area contributed by atoms with Gasteiger partial charge in [0.25, 0.3) is 0 Å². The first kappa shape index (κ1) is 15.9. The van der Waals surface area contributed by atoms with Gasteiger partial charge in [-0.3, -0.25) is 0 Å². The lowest BCUT2D eigenvalue weighted by Crippen LogP contribution is -2.24. The number of thiophene rings is 1. The van der Waals surface area contributed by atoms with Gasteiger partial charge < -0.3 is 5.32 Å². The third-order valence-electron chi connectivity index (χ3n) is 3.44. The number of hydrogen-bond acceptors (Lipinski definition) is 4. The van der Waals surface area contributed by atoms with Gasteiger partial charge in [0.1, 0.15) is 0 Å². The summed E-state index contributed by atoms with van der Waals surface area (Å²) in [6.07, 6.45) is 5.83. The van der Waals surface area contributed by atoms with E-state index in [1.807, 2.05) is 0 Å². The van der Waals surface area contributed by atoms with Crippen molar-refractivity contribution in [3.63, 3.8) is 0 Å². The number of sulfonamides is 1. The maximum Gasteiger partial charge on any atom is 0.241 e. The molecular formula is C14H24N2O2S2. The van der Waals surface area contributed by atoms with Crippen molar-refractivity contribution in [2.24, 2.45) is 5.92 Å². The summed E-state index contributed by atoms with van der Waals surface area (Å²) in [4.78, 5) is 1.47. The Morgan fingerprint density at radius 1 is 1.35 bits per heavy atom. The number of nitrogens with one attached hydrogen (secondary N) is 2. The average molecular weight is 316 g/mol. The van der Waals surface area contributed by atoms with Crippen LogP contribution in [0, 0.1) is 5.92 Å². The third-order valence-corrected chi connectivity index (χ3v) is 5.97. The molecule has 2 N–H and O–H groups in total. The van der Waals surface area contributed by atoms with E-state index in [1.54, 1.807) is 11.4 Å². The molecule has 0 radical (unpaired) electrons. The Morgan fingerprint density at radius 2 is 2.15 bits per heavy atom. The second-order valence-electron chi connectivity index (χ2n) is 5.41. The van der Waals surface area contributed by atoms with Crippen molar-refractivity contribution in [1.29, 1.82) is 0 Å². The highest BCUT2D eigenvalue weighted by atomic mass is 32.2. The maximum absolute atomic E-state index is 12.1. The minimum atomic E-state index is -3.31. The van der Waals surface area contributed by atoms with Gasteiger partial charge in [0.05, 0.1) is 4.90 Å². The molecule has 2 rings (SSSR count). The van der Waals surface area contributed by atoms with Gasteiger partial charge in [-0.25, -0.2) is 13.1 Å². The van der Waals surface area contributed by atoms with Gasteiger partial charge in [0, 0.05) is 23.3 Å². The van der Waals surface area contributed by atoms with Gasteiger partial charge in [0.15, 0.2) is 0 Å². The molecule has 114 valence electrons. The summed E-state index contributed by atoms with van der Waals surface area (Å²) in [6, 6.07) is 1.77. The van der Waals surface area contributed by atoms with E-state index in [-0.39, 0.29) is 0 Å². The predicted octanol–water partition coefficient (Wildman–Crippen LogP) is 2.72. The fraction of sp³-hybridized carbons (Fsp3) is 0.714. The van der Waals surface area contributed by atoms with Gasteiger partial charge in [0.2, 0.25) is 10.0 Å². The van der Waals surface area contributed by atoms with Gasteiger partial charge >= 0.3 is 0 Å². The summed E-state index contributed by atoms with van der Waals surface area (Å²) in [5.74, 6) is 0.858. The van der Waals surface area contributed by atoms with Crippen LogP contribution in [0.4, 0.5) is 0 Å². The summed E-state index contributed by atoms with van der Waals surface area (Å²) in [5, 5.41) is 5.01. The van der Waals surface area contributed by atoms with Crippen LogP contribution in [0.5, 0.6) is 0 Å². The topological polar surface area (TPSA) is 58.2 Å². The highest BCUT2D eigenvalue weighted by molar-refractivity contribution is 7.89. The second-order valence-corrected chi connectivity index (χ2v) is 8.17. The van der Waals surface area contributed by atoms with E-state index in [0.717, 1.165) is 43.1 Å². The highest BCUT2D eigenvalue weighted by Gasteiger charge is 2.21. The minimum Gasteiger partial charge on any atom is -0.312 e. The lowest BCUT2D eigenvalue weighted by molar-refractivity contribution is 0.573. The fourth-order valence-electron chi connectivity index (χ4n) is 2.07. The standard InChI is InChI=1S/C14H24N2O2S2/c1-2-7-15-10-13-9-14(11-19-13)20(17,18)16-8-3-4-12-5-6-12/h9,11-12,15-16H,2-8,10H2,1H3. The van der Waals surface area contributed by atoms with E-state index in [0.29, 0.717) is 11.4 Å². The molecule has 0 bridgehead atoms. The molecule has 0 amide bonds. The molecule has 1 heterocycles. The molecular weight excluding hydrogens is 292 g/mol. The Kier molecular flexibility index (Phi) is 6.01. The van der Waals surface area contributed by atoms with Crippen LogP contribution in [0.2, 0.25) is 0 Å². The molecule has 1 aromatic rings. The van der Waals surface area contributed by atoms with Crippen LogP contribution < -0.4 is 10.0 Å². The first-order valence-corrected chi connectivity index (χ1v) is 9.76. The molecule has 0 spiro atoms. The van der Waals surface area contributed by atoms with Gasteiger partial charge in [-0.05, 0) is 37.8 Å². The minimum absolute atomic E-state index is 0.405. The molecule has 0 aromatic carbocycles. The molecule has 1 saturated carbocycles. The molecule has 4 nitrogen and oxygen atoms in total. The molecule has 1 fully saturated rings. The van der Waals surface area contributed by atoms with E-state index < -0.39 is 10.0 Å². The maximum atomic E-state index is 12.1. The Bertz CT molecular complexity index is 507. The van der Waals surface area contributed by atoms with E-state index in [2.05, 4.69) is 17.0 Å². The Balaban J connectivity index is 1.78. The van der Waals surface area contributed by atoms with Crippen LogP contribution in [0.1, 0.15) is 43.9 Å². The Hall–Kier alpha value is -0.430. The molecule has 1 aliphatic rings. The van der Waals surface area contributed by atoms with E-state index in [9.17, 15) is 8.42 Å². The van der Waals surface area contributed by atoms with Crippen LogP contribution in [0.15, 0.2) is 16.3 Å². The first-order valence-electron chi connectivity index (χ1n) is 7.39. The van der Waals surface area contributed by atoms with Crippen molar-refractivity contribution in [2.75, 3.05) is 13.1 Å². The SMILES string of the molecule is CCCNCc1cc(S(=O)(=O)NCCCC2CC2)cs1. The van der Waals surface area contributed by atoms with Gasteiger partial charge in [-0.15, -0.1) is 11.3 Å². The quantitative estimate of drug-likeness (QED) is 0.653. The van der Waals surface area contributed by atoms with E-state index >= 15 is 0 Å². The zero-order valence-corrected chi connectivity index (χ0v) is 13.7. The summed E-state index contributed by atoms with van der Waals surface area (Å²) in [5.41, 5.74) is 0. The zero-order chi connectivity index (χ0) is 14.4. The number of hydrogen-bond donors (Lipinski definition) is 2. The molecule has 0 atom stereocenters. The second kappa shape index (κ2) is 7.54. The van der Waals surface area contributed by atoms with Crippen LogP contribution in [0.25, 0.3) is 0 Å². The molecule has 0 saturated heterocycles. The Morgan fingerprint density at radius 3 is 2.85 bits per heavy atom. The lowest BCUT2D eigenvalue weighted by Gasteiger charge is -2.04. The van der Waals surface area contributed by atoms with Crippen molar-refractivity contribution in [2.45, 2.75) is 50.5 Å². The van der Waals surface area contributed by atoms with Crippen LogP contribution in [-0.2, 0) is 16.6 Å². The lowest BCUT2D eigenvalue weighted by atomic mass is 10.2. The smallest absolute Gasteiger partial charge is 0.241 e. The van der Waals surface area contributed by atoms with Crippen LogP contribution in [0.3, 0.4) is 0 Å². The summed E-state index contributed by atoms with van der Waals surface area (Å²) < 4.78 is 26.9. The normalized spacial score (nSPS) is 15.7. The first-order chi connectivity index (χ1) is 9.62. The van der Waals surface area contributed by atoms with Crippen molar-refractivity contribution >= 4 is 21.4 Å². The fourth-order valence-corrected chi connectivity index (χ4v) is 4.39. The number of rotatable bonds is 10. The van der Waals surface area contributed by atoms with Crippen molar-refractivity contribution in [3.8, 4) is 0 Å². The summed E-state index contributed by atoms with van der Waals surface area (Å²) in [7, 11) is -3.31. The molecule has 1 aliphatic carbocycles. The van der Waals surface area contributed by atoms with Gasteiger partial charge in [-0.1, -0.05) is 19.8 Å².